The second-order valence-electron chi connectivity index (χ2n) is 22.0. The lowest BCUT2D eigenvalue weighted by Crippen LogP contribution is -2.08. The van der Waals surface area contributed by atoms with Gasteiger partial charge in [0, 0.05) is 82.3 Å². The van der Waals surface area contributed by atoms with Crippen molar-refractivity contribution in [2.24, 2.45) is 0 Å². The number of halogens is 3. The third kappa shape index (κ3) is 7.68. The minimum Gasteiger partial charge on any atom is -0.309 e. The molecule has 12 aromatic carbocycles. The summed E-state index contributed by atoms with van der Waals surface area (Å²) in [5.74, 6) is 0.501. The molecule has 0 unspecified atom stereocenters. The molecule has 0 aliphatic rings. The Kier molecular flexibility index (Phi) is 11.0. The topological polar surface area (TPSA) is 45.5 Å². The minimum absolute atomic E-state index is 0.382. The van der Waals surface area contributed by atoms with E-state index in [1.807, 2.05) is 108 Å². The van der Waals surface area contributed by atoms with Crippen LogP contribution in [0.2, 0.25) is 0 Å². The molecular formula is C77H47F3N6. The van der Waals surface area contributed by atoms with Crippen molar-refractivity contribution < 1.29 is 13.2 Å². The molecule has 17 aromatic rings. The Morgan fingerprint density at radius 1 is 0.256 bits per heavy atom. The Hall–Kier alpha value is -11.3. The first-order valence-corrected chi connectivity index (χ1v) is 28.7. The van der Waals surface area contributed by atoms with Gasteiger partial charge in [-0.15, -0.1) is 0 Å². The van der Waals surface area contributed by atoms with Gasteiger partial charge in [0.15, 0.2) is 5.82 Å². The number of para-hydroxylation sites is 6. The number of nitrogens with zero attached hydrogens (tertiary/aromatic N) is 6. The van der Waals surface area contributed by atoms with E-state index in [-0.39, 0.29) is 0 Å². The van der Waals surface area contributed by atoms with E-state index in [9.17, 15) is 0 Å². The van der Waals surface area contributed by atoms with Crippen LogP contribution >= 0.6 is 0 Å². The normalized spacial score (nSPS) is 12.1. The largest absolute Gasteiger partial charge is 0.416 e. The molecule has 0 bridgehead atoms. The second kappa shape index (κ2) is 19.1. The molecule has 0 atom stereocenters. The van der Waals surface area contributed by atoms with Gasteiger partial charge >= 0.3 is 6.18 Å². The molecular weight excluding hydrogens is 1070 g/mol. The van der Waals surface area contributed by atoms with Gasteiger partial charge in [-0.3, -0.25) is 0 Å². The molecule has 5 heterocycles. The van der Waals surface area contributed by atoms with Gasteiger partial charge in [0.2, 0.25) is 0 Å². The average molecular weight is 1110 g/mol. The highest BCUT2D eigenvalue weighted by Gasteiger charge is 2.33. The summed E-state index contributed by atoms with van der Waals surface area (Å²) in [6.45, 7) is 0. The van der Waals surface area contributed by atoms with E-state index in [1.54, 1.807) is 6.07 Å². The maximum absolute atomic E-state index is 15.5. The summed E-state index contributed by atoms with van der Waals surface area (Å²) in [6.07, 6.45) is -4.65. The third-order valence-corrected chi connectivity index (χ3v) is 17.2. The molecule has 0 aliphatic carbocycles. The fraction of sp³-hybridized carbons (Fsp3) is 0.0130. The van der Waals surface area contributed by atoms with Crippen LogP contribution in [0.4, 0.5) is 13.2 Å². The molecule has 0 saturated heterocycles. The Morgan fingerprint density at radius 2 is 0.593 bits per heavy atom. The Bertz CT molecular complexity index is 5430. The number of aromatic nitrogens is 6. The van der Waals surface area contributed by atoms with Crippen LogP contribution in [0, 0.1) is 0 Å². The smallest absolute Gasteiger partial charge is 0.309 e. The lowest BCUT2D eigenvalue weighted by atomic mass is 9.96. The lowest BCUT2D eigenvalue weighted by Gasteiger charge is -2.21. The van der Waals surface area contributed by atoms with Gasteiger partial charge < -0.3 is 18.3 Å². The van der Waals surface area contributed by atoms with Gasteiger partial charge in [-0.2, -0.15) is 13.2 Å². The summed E-state index contributed by atoms with van der Waals surface area (Å²) < 4.78 is 55.4. The van der Waals surface area contributed by atoms with Crippen LogP contribution in [-0.2, 0) is 6.18 Å². The van der Waals surface area contributed by atoms with E-state index < -0.39 is 11.7 Å². The summed E-state index contributed by atoms with van der Waals surface area (Å²) in [4.78, 5) is 10.6. The minimum atomic E-state index is -4.65. The van der Waals surface area contributed by atoms with E-state index in [1.165, 1.54) is 22.9 Å². The van der Waals surface area contributed by atoms with E-state index in [4.69, 9.17) is 9.97 Å². The first-order chi connectivity index (χ1) is 42.3. The molecule has 0 N–H and O–H groups in total. The maximum atomic E-state index is 15.5. The second-order valence-corrected chi connectivity index (χ2v) is 22.0. The highest BCUT2D eigenvalue weighted by molar-refractivity contribution is 6.15. The molecule has 86 heavy (non-hydrogen) atoms. The van der Waals surface area contributed by atoms with Gasteiger partial charge in [-0.1, -0.05) is 188 Å². The quantitative estimate of drug-likeness (QED) is 0.152. The summed E-state index contributed by atoms with van der Waals surface area (Å²) in [5.41, 5.74) is 15.5. The van der Waals surface area contributed by atoms with Gasteiger partial charge in [-0.25, -0.2) is 9.97 Å². The molecule has 17 rings (SSSR count). The molecule has 6 nitrogen and oxygen atoms in total. The molecule has 5 aromatic heterocycles. The summed E-state index contributed by atoms with van der Waals surface area (Å²) >= 11 is 0. The predicted molar refractivity (Wildman–Crippen MR) is 346 cm³/mol. The van der Waals surface area contributed by atoms with E-state index in [0.717, 1.165) is 122 Å². The van der Waals surface area contributed by atoms with Crippen molar-refractivity contribution in [1.29, 1.82) is 0 Å². The van der Waals surface area contributed by atoms with Crippen LogP contribution < -0.4 is 0 Å². The number of alkyl halides is 3. The first-order valence-electron chi connectivity index (χ1n) is 28.7. The fourth-order valence-electron chi connectivity index (χ4n) is 13.4. The number of benzene rings is 12. The molecule has 0 amide bonds. The zero-order valence-electron chi connectivity index (χ0n) is 46.0. The monoisotopic (exact) mass is 1110 g/mol. The molecule has 406 valence electrons. The summed E-state index contributed by atoms with van der Waals surface area (Å²) in [7, 11) is 0. The average Bonchev–Trinajstić information content (AvgIpc) is 1.89. The summed E-state index contributed by atoms with van der Waals surface area (Å²) in [5, 5.41) is 8.46. The Morgan fingerprint density at radius 3 is 1.00 bits per heavy atom. The van der Waals surface area contributed by atoms with Gasteiger partial charge in [-0.05, 0) is 97.1 Å². The SMILES string of the molecule is FC(F)(F)c1ccc(-c2ccc(-c3nc(-c4ccccc4)cc(-c4ccccc4)n3)cc2-n2c3ccccc3c3cc(-n4c5ccccc5c5ccccc54)ccc32)c(-n2c3ccccc3c3cc(-n4c5ccccc5c5ccccc54)ccc32)c1. The van der Waals surface area contributed by atoms with Gasteiger partial charge in [0.1, 0.15) is 0 Å². The molecule has 0 aliphatic heterocycles. The van der Waals surface area contributed by atoms with Gasteiger partial charge in [0.25, 0.3) is 0 Å². The van der Waals surface area contributed by atoms with E-state index in [0.29, 0.717) is 22.6 Å². The zero-order valence-corrected chi connectivity index (χ0v) is 46.0. The lowest BCUT2D eigenvalue weighted by molar-refractivity contribution is -0.137. The zero-order chi connectivity index (χ0) is 57.2. The van der Waals surface area contributed by atoms with Crippen molar-refractivity contribution in [3.05, 3.63) is 291 Å². The summed E-state index contributed by atoms with van der Waals surface area (Å²) in [6, 6.07) is 95.8. The van der Waals surface area contributed by atoms with Crippen molar-refractivity contribution in [3.8, 4) is 67.8 Å². The Labute approximate surface area is 490 Å². The highest BCUT2D eigenvalue weighted by Crippen LogP contribution is 2.46. The van der Waals surface area contributed by atoms with Crippen molar-refractivity contribution in [2.75, 3.05) is 0 Å². The van der Waals surface area contributed by atoms with Crippen LogP contribution in [0.3, 0.4) is 0 Å². The van der Waals surface area contributed by atoms with Crippen molar-refractivity contribution in [1.82, 2.24) is 28.2 Å². The number of hydrogen-bond acceptors (Lipinski definition) is 2. The van der Waals surface area contributed by atoms with Crippen LogP contribution in [0.1, 0.15) is 5.56 Å². The maximum Gasteiger partial charge on any atom is 0.416 e. The Balaban J connectivity index is 0.944. The van der Waals surface area contributed by atoms with Crippen molar-refractivity contribution >= 4 is 87.2 Å². The predicted octanol–water partition coefficient (Wildman–Crippen LogP) is 20.6. The molecule has 0 fully saturated rings. The fourth-order valence-corrected chi connectivity index (χ4v) is 13.4. The molecule has 0 radical (unpaired) electrons. The van der Waals surface area contributed by atoms with Crippen molar-refractivity contribution in [3.63, 3.8) is 0 Å². The van der Waals surface area contributed by atoms with Crippen LogP contribution in [0.25, 0.3) is 155 Å². The standard InChI is InChI=1S/C77H47F3N6/c78-77(79,80)51-36-40-61(75(44-51)86-71-34-18-12-28-59(71)63-46-53(38-42-73(63)86)84-68-31-15-9-25-56(68)57-26-10-16-32-69(57)84)60-39-35-50(76-81-64(48-19-3-1-4-20-48)47-65(82-76)49-21-5-2-6-22-49)43-74(60)85-70-33-17-11-27-58(70)62-45-52(37-41-72(62)85)83-66-29-13-7-23-54(66)55-24-8-14-30-67(55)83/h1-47H. The highest BCUT2D eigenvalue weighted by atomic mass is 19.4. The van der Waals surface area contributed by atoms with E-state index >= 15 is 13.2 Å². The molecule has 0 saturated carbocycles. The number of hydrogen-bond donors (Lipinski definition) is 0. The van der Waals surface area contributed by atoms with E-state index in [2.05, 4.69) is 177 Å². The van der Waals surface area contributed by atoms with Crippen LogP contribution in [0.15, 0.2) is 285 Å². The van der Waals surface area contributed by atoms with Crippen molar-refractivity contribution in [2.45, 2.75) is 6.18 Å². The van der Waals surface area contributed by atoms with Crippen LogP contribution in [-0.4, -0.2) is 28.2 Å². The number of rotatable bonds is 8. The van der Waals surface area contributed by atoms with Crippen LogP contribution in [0.5, 0.6) is 0 Å². The molecule has 9 heteroatoms. The van der Waals surface area contributed by atoms with Gasteiger partial charge in [0.05, 0.1) is 72.5 Å². The third-order valence-electron chi connectivity index (χ3n) is 17.2. The first kappa shape index (κ1) is 49.3. The molecule has 0 spiro atoms. The number of fused-ring (bicyclic) bond motifs is 12.